The van der Waals surface area contributed by atoms with Crippen molar-refractivity contribution in [1.29, 1.82) is 5.26 Å². The zero-order chi connectivity index (χ0) is 18.2. The second-order valence-corrected chi connectivity index (χ2v) is 5.81. The first-order valence-electron chi connectivity index (χ1n) is 7.95. The Hall–Kier alpha value is -2.91. The minimum absolute atomic E-state index is 0.0266. The Bertz CT molecular complexity index is 759. The summed E-state index contributed by atoms with van der Waals surface area (Å²) in [6.45, 7) is 1.75. The lowest BCUT2D eigenvalue weighted by Crippen LogP contribution is -2.41. The maximum absolute atomic E-state index is 13.7. The minimum atomic E-state index is -0.679. The molecular formula is C19H20FN3O2. The normalized spacial score (nSPS) is 12.7. The smallest absolute Gasteiger partial charge is 0.315 e. The van der Waals surface area contributed by atoms with E-state index in [4.69, 9.17) is 5.26 Å². The average molecular weight is 341 g/mol. The van der Waals surface area contributed by atoms with Gasteiger partial charge in [-0.3, -0.25) is 0 Å². The molecule has 0 saturated carbocycles. The lowest BCUT2D eigenvalue weighted by Gasteiger charge is -2.18. The van der Waals surface area contributed by atoms with E-state index in [1.54, 1.807) is 6.92 Å². The van der Waals surface area contributed by atoms with Crippen molar-refractivity contribution in [1.82, 2.24) is 10.6 Å². The van der Waals surface area contributed by atoms with Crippen LogP contribution in [0.1, 0.15) is 36.1 Å². The van der Waals surface area contributed by atoms with Crippen molar-refractivity contribution in [2.75, 3.05) is 0 Å². The summed E-state index contributed by atoms with van der Waals surface area (Å²) in [6.07, 6.45) is -0.323. The van der Waals surface area contributed by atoms with Gasteiger partial charge in [0.25, 0.3) is 0 Å². The number of halogens is 1. The number of benzene rings is 2. The van der Waals surface area contributed by atoms with Crippen LogP contribution in [-0.2, 0) is 6.54 Å². The molecule has 3 N–H and O–H groups in total. The van der Waals surface area contributed by atoms with E-state index >= 15 is 0 Å². The van der Waals surface area contributed by atoms with Gasteiger partial charge in [0.05, 0.1) is 17.7 Å². The molecular weight excluding hydrogens is 321 g/mol. The molecule has 5 nitrogen and oxygen atoms in total. The number of rotatable bonds is 6. The van der Waals surface area contributed by atoms with Crippen LogP contribution in [-0.4, -0.2) is 17.2 Å². The number of amides is 2. The molecule has 130 valence electrons. The third kappa shape index (κ3) is 5.59. The van der Waals surface area contributed by atoms with Gasteiger partial charge in [0.1, 0.15) is 5.82 Å². The molecule has 0 aromatic heterocycles. The number of hydrogen-bond acceptors (Lipinski definition) is 3. The number of carbonyl (C=O) groups is 1. The molecule has 2 aromatic rings. The summed E-state index contributed by atoms with van der Waals surface area (Å²) >= 11 is 0. The van der Waals surface area contributed by atoms with Crippen LogP contribution >= 0.6 is 0 Å². The van der Waals surface area contributed by atoms with Crippen LogP contribution in [0.25, 0.3) is 0 Å². The first-order valence-corrected chi connectivity index (χ1v) is 7.95. The number of urea groups is 1. The summed E-state index contributed by atoms with van der Waals surface area (Å²) in [5.41, 5.74) is 1.36. The van der Waals surface area contributed by atoms with Crippen molar-refractivity contribution in [2.24, 2.45) is 0 Å². The fraction of sp³-hybridized carbons (Fsp3) is 0.263. The molecule has 0 fully saturated rings. The number of carbonyl (C=O) groups excluding carboxylic acids is 1. The summed E-state index contributed by atoms with van der Waals surface area (Å²) < 4.78 is 13.7. The Kier molecular flexibility index (Phi) is 6.49. The fourth-order valence-electron chi connectivity index (χ4n) is 2.44. The Labute approximate surface area is 146 Å². The second kappa shape index (κ2) is 8.81. The van der Waals surface area contributed by atoms with Crippen LogP contribution in [0.5, 0.6) is 0 Å². The fourth-order valence-corrected chi connectivity index (χ4v) is 2.44. The van der Waals surface area contributed by atoms with Gasteiger partial charge in [-0.05, 0) is 37.1 Å². The lowest BCUT2D eigenvalue weighted by atomic mass is 10.0. The van der Waals surface area contributed by atoms with E-state index in [9.17, 15) is 14.3 Å². The van der Waals surface area contributed by atoms with E-state index in [1.807, 2.05) is 36.4 Å². The highest BCUT2D eigenvalue weighted by atomic mass is 19.1. The highest BCUT2D eigenvalue weighted by Gasteiger charge is 2.14. The molecule has 2 rings (SSSR count). The van der Waals surface area contributed by atoms with Crippen LogP contribution in [0.2, 0.25) is 0 Å². The SMILES string of the molecule is C[C@H](C[C@@H](O)c1ccccc1)NC(=O)NCc1cc(C#N)ccc1F. The Morgan fingerprint density at radius 2 is 2.00 bits per heavy atom. The Balaban J connectivity index is 1.83. The van der Waals surface area contributed by atoms with Crippen LogP contribution in [0, 0.1) is 17.1 Å². The lowest BCUT2D eigenvalue weighted by molar-refractivity contribution is 0.154. The molecule has 25 heavy (non-hydrogen) atoms. The number of nitrogens with one attached hydrogen (secondary N) is 2. The van der Waals surface area contributed by atoms with E-state index in [-0.39, 0.29) is 18.2 Å². The van der Waals surface area contributed by atoms with Crippen LogP contribution in [0.3, 0.4) is 0 Å². The molecule has 0 bridgehead atoms. The summed E-state index contributed by atoms with van der Waals surface area (Å²) in [4.78, 5) is 11.9. The highest BCUT2D eigenvalue weighted by molar-refractivity contribution is 5.74. The molecule has 0 radical (unpaired) electrons. The number of nitrogens with zero attached hydrogens (tertiary/aromatic N) is 1. The third-order valence-electron chi connectivity index (χ3n) is 3.75. The summed E-state index contributed by atoms with van der Waals surface area (Å²) in [5, 5.41) is 24.2. The predicted octanol–water partition coefficient (Wildman–Crippen LogP) is 3.01. The second-order valence-electron chi connectivity index (χ2n) is 5.81. The monoisotopic (exact) mass is 341 g/mol. The van der Waals surface area contributed by atoms with E-state index < -0.39 is 18.0 Å². The van der Waals surface area contributed by atoms with E-state index in [1.165, 1.54) is 18.2 Å². The average Bonchev–Trinajstić information content (AvgIpc) is 2.61. The molecule has 0 heterocycles. The van der Waals surface area contributed by atoms with Gasteiger partial charge in [0, 0.05) is 18.2 Å². The van der Waals surface area contributed by atoms with Gasteiger partial charge in [0.15, 0.2) is 0 Å². The summed E-state index contributed by atoms with van der Waals surface area (Å²) in [6, 6.07) is 14.4. The van der Waals surface area contributed by atoms with Crippen molar-refractivity contribution in [3.05, 3.63) is 71.0 Å². The molecule has 0 aliphatic carbocycles. The van der Waals surface area contributed by atoms with Gasteiger partial charge in [-0.15, -0.1) is 0 Å². The molecule has 0 saturated heterocycles. The largest absolute Gasteiger partial charge is 0.388 e. The van der Waals surface area contributed by atoms with Crippen molar-refractivity contribution in [2.45, 2.75) is 32.0 Å². The van der Waals surface area contributed by atoms with Gasteiger partial charge in [-0.1, -0.05) is 30.3 Å². The van der Waals surface area contributed by atoms with Crippen LogP contribution in [0.4, 0.5) is 9.18 Å². The van der Waals surface area contributed by atoms with Crippen LogP contribution in [0.15, 0.2) is 48.5 Å². The Morgan fingerprint density at radius 1 is 1.28 bits per heavy atom. The molecule has 2 amide bonds. The number of nitriles is 1. The van der Waals surface area contributed by atoms with E-state index in [0.29, 0.717) is 12.0 Å². The van der Waals surface area contributed by atoms with Crippen LogP contribution < -0.4 is 10.6 Å². The van der Waals surface area contributed by atoms with Gasteiger partial charge < -0.3 is 15.7 Å². The van der Waals surface area contributed by atoms with Gasteiger partial charge in [0.2, 0.25) is 0 Å². The third-order valence-corrected chi connectivity index (χ3v) is 3.75. The van der Waals surface area contributed by atoms with Crippen molar-refractivity contribution in [3.63, 3.8) is 0 Å². The van der Waals surface area contributed by atoms with Crippen molar-refractivity contribution < 1.29 is 14.3 Å². The van der Waals surface area contributed by atoms with Crippen molar-refractivity contribution >= 4 is 6.03 Å². The zero-order valence-corrected chi connectivity index (χ0v) is 13.9. The molecule has 0 unspecified atom stereocenters. The van der Waals surface area contributed by atoms with E-state index in [2.05, 4.69) is 10.6 Å². The quantitative estimate of drug-likeness (QED) is 0.755. The van der Waals surface area contributed by atoms with Gasteiger partial charge >= 0.3 is 6.03 Å². The number of aliphatic hydroxyl groups is 1. The molecule has 2 atom stereocenters. The number of aliphatic hydroxyl groups excluding tert-OH is 1. The number of hydrogen-bond donors (Lipinski definition) is 3. The highest BCUT2D eigenvalue weighted by Crippen LogP contribution is 2.17. The maximum Gasteiger partial charge on any atom is 0.315 e. The molecule has 0 spiro atoms. The Morgan fingerprint density at radius 3 is 2.68 bits per heavy atom. The topological polar surface area (TPSA) is 85.2 Å². The summed E-state index contributed by atoms with van der Waals surface area (Å²) in [5.74, 6) is -0.480. The van der Waals surface area contributed by atoms with Crippen molar-refractivity contribution in [3.8, 4) is 6.07 Å². The predicted molar refractivity (Wildman–Crippen MR) is 92.0 cm³/mol. The molecule has 2 aromatic carbocycles. The molecule has 6 heteroatoms. The zero-order valence-electron chi connectivity index (χ0n) is 13.9. The summed E-state index contributed by atoms with van der Waals surface area (Å²) in [7, 11) is 0. The minimum Gasteiger partial charge on any atom is -0.388 e. The van der Waals surface area contributed by atoms with E-state index in [0.717, 1.165) is 5.56 Å². The van der Waals surface area contributed by atoms with Gasteiger partial charge in [-0.25, -0.2) is 9.18 Å². The van der Waals surface area contributed by atoms with Gasteiger partial charge in [-0.2, -0.15) is 5.26 Å². The maximum atomic E-state index is 13.7. The first-order chi connectivity index (χ1) is 12.0. The molecule has 0 aliphatic rings. The standard InChI is InChI=1S/C19H20FN3O2/c1-13(9-18(24)15-5-3-2-4-6-15)23-19(25)22-12-16-10-14(11-21)7-8-17(16)20/h2-8,10,13,18,24H,9,12H2,1H3,(H2,22,23,25)/t13-,18-/m1/s1. The molecule has 0 aliphatic heterocycles. The first kappa shape index (κ1) is 18.4.